The van der Waals surface area contributed by atoms with Crippen LogP contribution in [0.1, 0.15) is 61.5 Å². The molecule has 0 saturated carbocycles. The van der Waals surface area contributed by atoms with Gasteiger partial charge in [0.05, 0.1) is 12.3 Å². The predicted molar refractivity (Wildman–Crippen MR) is 141 cm³/mol. The lowest BCUT2D eigenvalue weighted by atomic mass is 10.00. The second kappa shape index (κ2) is 10.8. The highest BCUT2D eigenvalue weighted by molar-refractivity contribution is 5.81. The molecule has 0 radical (unpaired) electrons. The van der Waals surface area contributed by atoms with Crippen LogP contribution in [0.5, 0.6) is 0 Å². The zero-order valence-electron chi connectivity index (χ0n) is 22.0. The molecule has 188 valence electrons. The Morgan fingerprint density at radius 2 is 1.94 bits per heavy atom. The number of ether oxygens (including phenoxy) is 1. The molecule has 1 aliphatic heterocycles. The Kier molecular flexibility index (Phi) is 7.75. The lowest BCUT2D eigenvalue weighted by Gasteiger charge is -2.26. The van der Waals surface area contributed by atoms with Crippen molar-refractivity contribution in [2.24, 2.45) is 0 Å². The third-order valence-electron chi connectivity index (χ3n) is 7.04. The molecule has 0 bridgehead atoms. The van der Waals surface area contributed by atoms with E-state index in [1.807, 2.05) is 36.8 Å². The van der Waals surface area contributed by atoms with Crippen LogP contribution in [0.4, 0.5) is 5.69 Å². The molecule has 1 atom stereocenters. The normalized spacial score (nSPS) is 15.8. The summed E-state index contributed by atoms with van der Waals surface area (Å²) in [6.07, 6.45) is 5.25. The highest BCUT2D eigenvalue weighted by Gasteiger charge is 2.24. The van der Waals surface area contributed by atoms with Crippen LogP contribution < -0.4 is 4.90 Å². The summed E-state index contributed by atoms with van der Waals surface area (Å²) in [4.78, 5) is 22.4. The number of hydrogen-bond acceptors (Lipinski definition) is 5. The molecule has 1 aromatic carbocycles. The molecule has 7 nitrogen and oxygen atoms in total. The van der Waals surface area contributed by atoms with E-state index in [0.717, 1.165) is 53.0 Å². The summed E-state index contributed by atoms with van der Waals surface area (Å²) in [5, 5.41) is 5.62. The Bertz CT molecular complexity index is 1160. The minimum atomic E-state index is 0.128. The van der Waals surface area contributed by atoms with Crippen LogP contribution in [0.2, 0.25) is 0 Å². The van der Waals surface area contributed by atoms with Gasteiger partial charge in [-0.15, -0.1) is 0 Å². The van der Waals surface area contributed by atoms with Gasteiger partial charge in [-0.3, -0.25) is 4.79 Å². The smallest absolute Gasteiger partial charge is 0.223 e. The maximum atomic E-state index is 13.5. The third-order valence-corrected chi connectivity index (χ3v) is 7.04. The summed E-state index contributed by atoms with van der Waals surface area (Å²) in [7, 11) is 4.07. The van der Waals surface area contributed by atoms with Gasteiger partial charge in [-0.1, -0.05) is 12.1 Å². The van der Waals surface area contributed by atoms with Gasteiger partial charge in [0.2, 0.25) is 5.91 Å². The van der Waals surface area contributed by atoms with E-state index in [2.05, 4.69) is 55.0 Å². The van der Waals surface area contributed by atoms with Crippen LogP contribution in [0.15, 0.2) is 30.5 Å². The van der Waals surface area contributed by atoms with Crippen molar-refractivity contribution in [2.45, 2.75) is 72.1 Å². The molecule has 1 aliphatic rings. The van der Waals surface area contributed by atoms with E-state index in [-0.39, 0.29) is 18.1 Å². The van der Waals surface area contributed by atoms with Crippen LogP contribution in [-0.4, -0.2) is 58.9 Å². The zero-order chi connectivity index (χ0) is 25.1. The van der Waals surface area contributed by atoms with Crippen molar-refractivity contribution in [3.05, 3.63) is 52.8 Å². The summed E-state index contributed by atoms with van der Waals surface area (Å²) in [6, 6.07) is 8.70. The number of aryl methyl sites for hydroxylation is 2. The van der Waals surface area contributed by atoms with E-state index in [1.165, 1.54) is 5.56 Å². The average Bonchev–Trinajstić information content (AvgIpc) is 3.48. The van der Waals surface area contributed by atoms with Crippen molar-refractivity contribution < 1.29 is 9.53 Å². The number of anilines is 1. The van der Waals surface area contributed by atoms with Gasteiger partial charge in [0, 0.05) is 63.0 Å². The lowest BCUT2D eigenvalue weighted by molar-refractivity contribution is -0.133. The SMILES string of the molecule is Cc1nc2c(cnn2C(C)C)c(C)c1CCC(=O)N(Cc1ccc(N(C)C)cc1)CC1CCCO1. The molecular formula is C28H39N5O2. The number of pyridine rings is 1. The van der Waals surface area contributed by atoms with Gasteiger partial charge in [-0.05, 0) is 75.8 Å². The molecule has 0 spiro atoms. The first-order valence-electron chi connectivity index (χ1n) is 12.7. The first-order valence-corrected chi connectivity index (χ1v) is 12.7. The van der Waals surface area contributed by atoms with Gasteiger partial charge >= 0.3 is 0 Å². The van der Waals surface area contributed by atoms with Crippen molar-refractivity contribution in [2.75, 3.05) is 32.1 Å². The van der Waals surface area contributed by atoms with E-state index >= 15 is 0 Å². The summed E-state index contributed by atoms with van der Waals surface area (Å²) >= 11 is 0. The van der Waals surface area contributed by atoms with Gasteiger partial charge in [0.1, 0.15) is 0 Å². The van der Waals surface area contributed by atoms with E-state index < -0.39 is 0 Å². The highest BCUT2D eigenvalue weighted by Crippen LogP contribution is 2.26. The lowest BCUT2D eigenvalue weighted by Crippen LogP contribution is -2.37. The number of amides is 1. The first kappa shape index (κ1) is 25.2. The van der Waals surface area contributed by atoms with Crippen LogP contribution in [0.25, 0.3) is 11.0 Å². The largest absolute Gasteiger partial charge is 0.378 e. The number of rotatable bonds is 9. The zero-order valence-corrected chi connectivity index (χ0v) is 22.0. The van der Waals surface area contributed by atoms with Crippen LogP contribution in [0, 0.1) is 13.8 Å². The van der Waals surface area contributed by atoms with Gasteiger partial charge in [0.25, 0.3) is 0 Å². The average molecular weight is 478 g/mol. The highest BCUT2D eigenvalue weighted by atomic mass is 16.5. The van der Waals surface area contributed by atoms with Crippen LogP contribution in [0.3, 0.4) is 0 Å². The molecule has 7 heteroatoms. The molecule has 1 fully saturated rings. The van der Waals surface area contributed by atoms with Crippen molar-refractivity contribution in [3.8, 4) is 0 Å². The standard InChI is InChI=1S/C28H39N5O2/c1-19(2)33-28-26(16-29-33)20(3)25(21(4)30-28)13-14-27(34)32(18-24-8-7-15-35-24)17-22-9-11-23(12-10-22)31(5)6/h9-12,16,19,24H,7-8,13-15,17-18H2,1-6H3. The van der Waals surface area contributed by atoms with Gasteiger partial charge in [0.15, 0.2) is 5.65 Å². The van der Waals surface area contributed by atoms with Crippen LogP contribution >= 0.6 is 0 Å². The fourth-order valence-corrected chi connectivity index (χ4v) is 4.94. The molecule has 0 aliphatic carbocycles. The van der Waals surface area contributed by atoms with Gasteiger partial charge in [-0.2, -0.15) is 5.10 Å². The van der Waals surface area contributed by atoms with Crippen LogP contribution in [-0.2, 0) is 22.5 Å². The maximum Gasteiger partial charge on any atom is 0.223 e. The summed E-state index contributed by atoms with van der Waals surface area (Å²) in [5.74, 6) is 0.161. The second-order valence-corrected chi connectivity index (χ2v) is 10.2. The van der Waals surface area contributed by atoms with E-state index in [0.29, 0.717) is 25.9 Å². The molecule has 1 unspecified atom stereocenters. The Balaban J connectivity index is 1.50. The molecule has 4 rings (SSSR count). The summed E-state index contributed by atoms with van der Waals surface area (Å²) in [5.41, 5.74) is 6.53. The number of hydrogen-bond donors (Lipinski definition) is 0. The first-order chi connectivity index (χ1) is 16.7. The topological polar surface area (TPSA) is 63.5 Å². The number of benzene rings is 1. The summed E-state index contributed by atoms with van der Waals surface area (Å²) in [6.45, 7) is 10.4. The van der Waals surface area contributed by atoms with Crippen molar-refractivity contribution >= 4 is 22.6 Å². The molecule has 0 N–H and O–H groups in total. The number of carbonyl (C=O) groups excluding carboxylic acids is 1. The van der Waals surface area contributed by atoms with Crippen molar-refractivity contribution in [3.63, 3.8) is 0 Å². The van der Waals surface area contributed by atoms with Crippen molar-refractivity contribution in [1.82, 2.24) is 19.7 Å². The minimum absolute atomic E-state index is 0.128. The van der Waals surface area contributed by atoms with Crippen molar-refractivity contribution in [1.29, 1.82) is 0 Å². The van der Waals surface area contributed by atoms with E-state index in [9.17, 15) is 4.79 Å². The van der Waals surface area contributed by atoms with E-state index in [4.69, 9.17) is 9.72 Å². The molecular weight excluding hydrogens is 438 g/mol. The minimum Gasteiger partial charge on any atom is -0.378 e. The fraction of sp³-hybridized carbons (Fsp3) is 0.536. The Morgan fingerprint density at radius 1 is 1.20 bits per heavy atom. The number of carbonyl (C=O) groups is 1. The monoisotopic (exact) mass is 477 g/mol. The third kappa shape index (κ3) is 5.67. The van der Waals surface area contributed by atoms with Gasteiger partial charge < -0.3 is 14.5 Å². The maximum absolute atomic E-state index is 13.5. The molecule has 3 aromatic rings. The molecule has 1 amide bonds. The Labute approximate surface area is 209 Å². The second-order valence-electron chi connectivity index (χ2n) is 10.2. The summed E-state index contributed by atoms with van der Waals surface area (Å²) < 4.78 is 7.84. The fourth-order valence-electron chi connectivity index (χ4n) is 4.94. The Morgan fingerprint density at radius 3 is 2.57 bits per heavy atom. The molecule has 1 saturated heterocycles. The quantitative estimate of drug-likeness (QED) is 0.441. The predicted octanol–water partition coefficient (Wildman–Crippen LogP) is 4.84. The number of nitrogens with zero attached hydrogens (tertiary/aromatic N) is 5. The molecule has 2 aromatic heterocycles. The molecule has 35 heavy (non-hydrogen) atoms. The van der Waals surface area contributed by atoms with E-state index in [1.54, 1.807) is 0 Å². The number of fused-ring (bicyclic) bond motifs is 1. The number of aromatic nitrogens is 3. The molecule has 3 heterocycles. The van der Waals surface area contributed by atoms with Gasteiger partial charge in [-0.25, -0.2) is 9.67 Å². The Hall–Kier alpha value is -2.93.